The van der Waals surface area contributed by atoms with Crippen LogP contribution in [0.25, 0.3) is 0 Å². The normalized spacial score (nSPS) is 19.3. The smallest absolute Gasteiger partial charge is 0.196 e. The van der Waals surface area contributed by atoms with Crippen LogP contribution in [0.1, 0.15) is 11.6 Å². The highest BCUT2D eigenvalue weighted by atomic mass is 32.2. The molecule has 3 nitrogen and oxygen atoms in total. The lowest BCUT2D eigenvalue weighted by molar-refractivity contribution is 0.448. The molecule has 0 radical (unpaired) electrons. The number of anilines is 1. The monoisotopic (exact) mass is 313 g/mol. The van der Waals surface area contributed by atoms with Crippen molar-refractivity contribution in [3.05, 3.63) is 59.4 Å². The van der Waals surface area contributed by atoms with E-state index in [4.69, 9.17) is 0 Å². The number of halogens is 3. The van der Waals surface area contributed by atoms with Crippen LogP contribution < -0.4 is 5.32 Å². The highest BCUT2D eigenvalue weighted by Crippen LogP contribution is 2.36. The lowest BCUT2D eigenvalue weighted by Gasteiger charge is -2.15. The first-order valence-corrected chi connectivity index (χ1v) is 7.77. The van der Waals surface area contributed by atoms with Crippen LogP contribution in [0.15, 0.2) is 41.3 Å². The Hall–Kier alpha value is -2.02. The van der Waals surface area contributed by atoms with Crippen molar-refractivity contribution in [2.75, 3.05) is 11.1 Å². The molecule has 0 amide bonds. The predicted molar refractivity (Wildman–Crippen MR) is 71.2 cm³/mol. The second kappa shape index (κ2) is 4.77. The van der Waals surface area contributed by atoms with Crippen molar-refractivity contribution in [1.82, 2.24) is 0 Å². The van der Waals surface area contributed by atoms with Gasteiger partial charge in [-0.1, -0.05) is 18.2 Å². The molecule has 0 bridgehead atoms. The summed E-state index contributed by atoms with van der Waals surface area (Å²) in [5.74, 6) is -4.51. The van der Waals surface area contributed by atoms with E-state index in [0.717, 1.165) is 12.1 Å². The van der Waals surface area contributed by atoms with Gasteiger partial charge in [0.1, 0.15) is 0 Å². The fraction of sp³-hybridized carbons (Fsp3) is 0.143. The van der Waals surface area contributed by atoms with Gasteiger partial charge in [0.25, 0.3) is 0 Å². The van der Waals surface area contributed by atoms with Crippen molar-refractivity contribution >= 4 is 15.5 Å². The van der Waals surface area contributed by atoms with Crippen LogP contribution in [0.5, 0.6) is 0 Å². The Morgan fingerprint density at radius 3 is 2.48 bits per heavy atom. The minimum Gasteiger partial charge on any atom is -0.375 e. The number of sulfone groups is 1. The highest BCUT2D eigenvalue weighted by Gasteiger charge is 2.34. The van der Waals surface area contributed by atoms with Gasteiger partial charge in [-0.15, -0.1) is 0 Å². The van der Waals surface area contributed by atoms with E-state index in [2.05, 4.69) is 5.32 Å². The van der Waals surface area contributed by atoms with E-state index in [1.54, 1.807) is 18.2 Å². The summed E-state index contributed by atoms with van der Waals surface area (Å²) in [4.78, 5) is 0.172. The number of hydrogen-bond donors (Lipinski definition) is 1. The zero-order valence-electron chi connectivity index (χ0n) is 10.6. The molecule has 2 aromatic carbocycles. The summed E-state index contributed by atoms with van der Waals surface area (Å²) in [6.45, 7) is 0. The van der Waals surface area contributed by atoms with E-state index in [1.807, 2.05) is 0 Å². The molecule has 0 saturated carbocycles. The van der Waals surface area contributed by atoms with Gasteiger partial charge in [0, 0.05) is 0 Å². The standard InChI is InChI=1S/C14H10F3NO2S/c15-9-5-6-10(14(17)13(9)16)18-11-7-21(19,20)12-4-2-1-3-8(11)12/h1-6,11,18H,7H2. The molecule has 1 unspecified atom stereocenters. The Morgan fingerprint density at radius 1 is 1.00 bits per heavy atom. The molecular formula is C14H10F3NO2S. The second-order valence-electron chi connectivity index (χ2n) is 4.74. The van der Waals surface area contributed by atoms with Gasteiger partial charge >= 0.3 is 0 Å². The summed E-state index contributed by atoms with van der Waals surface area (Å²) in [6, 6.07) is 7.46. The molecule has 0 spiro atoms. The Morgan fingerprint density at radius 2 is 1.71 bits per heavy atom. The first-order valence-electron chi connectivity index (χ1n) is 6.12. The van der Waals surface area contributed by atoms with Crippen molar-refractivity contribution in [3.63, 3.8) is 0 Å². The third-order valence-corrected chi connectivity index (χ3v) is 5.19. The van der Waals surface area contributed by atoms with E-state index in [0.29, 0.717) is 5.56 Å². The Bertz CT molecular complexity index is 821. The average molecular weight is 313 g/mol. The van der Waals surface area contributed by atoms with Crippen LogP contribution in [0.3, 0.4) is 0 Å². The molecule has 0 aliphatic carbocycles. The molecule has 1 N–H and O–H groups in total. The topological polar surface area (TPSA) is 46.2 Å². The summed E-state index contributed by atoms with van der Waals surface area (Å²) < 4.78 is 63.7. The van der Waals surface area contributed by atoms with Crippen LogP contribution in [-0.4, -0.2) is 14.2 Å². The van der Waals surface area contributed by atoms with E-state index in [1.165, 1.54) is 6.07 Å². The predicted octanol–water partition coefficient (Wildman–Crippen LogP) is 3.04. The molecule has 0 aromatic heterocycles. The third-order valence-electron chi connectivity index (χ3n) is 3.38. The van der Waals surface area contributed by atoms with Crippen molar-refractivity contribution < 1.29 is 21.6 Å². The van der Waals surface area contributed by atoms with Gasteiger partial charge in [-0.05, 0) is 23.8 Å². The van der Waals surface area contributed by atoms with E-state index < -0.39 is 33.3 Å². The number of fused-ring (bicyclic) bond motifs is 1. The van der Waals surface area contributed by atoms with Gasteiger partial charge in [-0.2, -0.15) is 0 Å². The van der Waals surface area contributed by atoms with Crippen LogP contribution in [0.4, 0.5) is 18.9 Å². The van der Waals surface area contributed by atoms with Crippen molar-refractivity contribution in [1.29, 1.82) is 0 Å². The molecule has 7 heteroatoms. The van der Waals surface area contributed by atoms with Crippen molar-refractivity contribution in [2.45, 2.75) is 10.9 Å². The van der Waals surface area contributed by atoms with Crippen LogP contribution >= 0.6 is 0 Å². The molecule has 2 aromatic rings. The SMILES string of the molecule is O=S1(=O)CC(Nc2ccc(F)c(F)c2F)c2ccccc21. The molecule has 0 fully saturated rings. The minimum absolute atomic E-state index is 0.172. The number of hydrogen-bond acceptors (Lipinski definition) is 3. The fourth-order valence-corrected chi connectivity index (χ4v) is 4.13. The number of rotatable bonds is 2. The first-order chi connectivity index (χ1) is 9.90. The summed E-state index contributed by atoms with van der Waals surface area (Å²) in [7, 11) is -3.46. The van der Waals surface area contributed by atoms with Crippen LogP contribution in [0, 0.1) is 17.5 Å². The molecular weight excluding hydrogens is 303 g/mol. The van der Waals surface area contributed by atoms with Crippen LogP contribution in [-0.2, 0) is 9.84 Å². The Balaban J connectivity index is 2.00. The minimum atomic E-state index is -3.46. The zero-order chi connectivity index (χ0) is 15.2. The van der Waals surface area contributed by atoms with E-state index >= 15 is 0 Å². The van der Waals surface area contributed by atoms with Gasteiger partial charge in [0.2, 0.25) is 0 Å². The largest absolute Gasteiger partial charge is 0.375 e. The second-order valence-corrected chi connectivity index (χ2v) is 6.74. The fourth-order valence-electron chi connectivity index (χ4n) is 2.40. The van der Waals surface area contributed by atoms with Crippen molar-refractivity contribution in [3.8, 4) is 0 Å². The Kier molecular flexibility index (Phi) is 3.16. The summed E-state index contributed by atoms with van der Waals surface area (Å²) >= 11 is 0. The van der Waals surface area contributed by atoms with E-state index in [9.17, 15) is 21.6 Å². The highest BCUT2D eigenvalue weighted by molar-refractivity contribution is 7.91. The molecule has 1 aliphatic heterocycles. The first kappa shape index (κ1) is 13.9. The van der Waals surface area contributed by atoms with Crippen molar-refractivity contribution in [2.24, 2.45) is 0 Å². The average Bonchev–Trinajstić information content (AvgIpc) is 2.72. The maximum absolute atomic E-state index is 13.7. The van der Waals surface area contributed by atoms with Gasteiger partial charge < -0.3 is 5.32 Å². The number of nitrogens with one attached hydrogen (secondary N) is 1. The molecule has 1 aliphatic rings. The van der Waals surface area contributed by atoms with Gasteiger partial charge in [0.15, 0.2) is 27.3 Å². The molecule has 110 valence electrons. The van der Waals surface area contributed by atoms with Gasteiger partial charge in [0.05, 0.1) is 22.4 Å². The van der Waals surface area contributed by atoms with Gasteiger partial charge in [-0.3, -0.25) is 0 Å². The lowest BCUT2D eigenvalue weighted by atomic mass is 10.1. The molecule has 1 heterocycles. The maximum Gasteiger partial charge on any atom is 0.196 e. The molecule has 1 atom stereocenters. The third kappa shape index (κ3) is 2.27. The molecule has 21 heavy (non-hydrogen) atoms. The molecule has 0 saturated heterocycles. The Labute approximate surface area is 119 Å². The summed E-state index contributed by atoms with van der Waals surface area (Å²) in [5.41, 5.74) is 0.215. The number of benzene rings is 2. The molecule has 3 rings (SSSR count). The summed E-state index contributed by atoms with van der Waals surface area (Å²) in [5, 5.41) is 2.63. The van der Waals surface area contributed by atoms with Crippen LogP contribution in [0.2, 0.25) is 0 Å². The van der Waals surface area contributed by atoms with Gasteiger partial charge in [-0.25, -0.2) is 21.6 Å². The zero-order valence-corrected chi connectivity index (χ0v) is 11.4. The lowest BCUT2D eigenvalue weighted by Crippen LogP contribution is -2.14. The van der Waals surface area contributed by atoms with E-state index in [-0.39, 0.29) is 16.3 Å². The maximum atomic E-state index is 13.7. The summed E-state index contributed by atoms with van der Waals surface area (Å²) in [6.07, 6.45) is 0. The quantitative estimate of drug-likeness (QED) is 0.867.